The highest BCUT2D eigenvalue weighted by molar-refractivity contribution is 5.97. The SMILES string of the molecule is CC1CCN(C(=O)c2cc(NC(=O)C3CC3)c(=O)n(C)c2)CC1. The summed E-state index contributed by atoms with van der Waals surface area (Å²) in [7, 11) is 1.60. The van der Waals surface area contributed by atoms with E-state index in [-0.39, 0.29) is 29.0 Å². The van der Waals surface area contributed by atoms with Crippen LogP contribution in [0.1, 0.15) is 43.0 Å². The van der Waals surface area contributed by atoms with Gasteiger partial charge in [0, 0.05) is 32.3 Å². The lowest BCUT2D eigenvalue weighted by atomic mass is 9.99. The molecule has 0 aromatic carbocycles. The Morgan fingerprint density at radius 2 is 1.83 bits per heavy atom. The molecule has 1 saturated carbocycles. The summed E-state index contributed by atoms with van der Waals surface area (Å²) < 4.78 is 1.36. The van der Waals surface area contributed by atoms with E-state index in [1.807, 2.05) is 4.90 Å². The van der Waals surface area contributed by atoms with E-state index in [1.54, 1.807) is 13.2 Å². The van der Waals surface area contributed by atoms with E-state index in [4.69, 9.17) is 0 Å². The number of likely N-dealkylation sites (tertiary alicyclic amines) is 1. The molecule has 2 amide bonds. The van der Waals surface area contributed by atoms with E-state index in [1.165, 1.54) is 10.6 Å². The number of aromatic nitrogens is 1. The number of pyridine rings is 1. The Morgan fingerprint density at radius 3 is 2.43 bits per heavy atom. The second kappa shape index (κ2) is 6.18. The molecule has 6 nitrogen and oxygen atoms in total. The minimum atomic E-state index is -0.289. The average molecular weight is 317 g/mol. The number of carbonyl (C=O) groups is 2. The molecule has 0 spiro atoms. The second-order valence-corrected chi connectivity index (χ2v) is 6.80. The van der Waals surface area contributed by atoms with Crippen LogP contribution in [0.4, 0.5) is 5.69 Å². The lowest BCUT2D eigenvalue weighted by Crippen LogP contribution is -2.38. The number of hydrogen-bond donors (Lipinski definition) is 1. The first-order valence-electron chi connectivity index (χ1n) is 8.26. The summed E-state index contributed by atoms with van der Waals surface area (Å²) in [6.45, 7) is 3.68. The van der Waals surface area contributed by atoms with Gasteiger partial charge in [0.15, 0.2) is 0 Å². The fourth-order valence-corrected chi connectivity index (χ4v) is 2.89. The van der Waals surface area contributed by atoms with Crippen LogP contribution in [0.2, 0.25) is 0 Å². The quantitative estimate of drug-likeness (QED) is 0.920. The fourth-order valence-electron chi connectivity index (χ4n) is 2.89. The minimum absolute atomic E-state index is 0.0163. The molecule has 1 aromatic heterocycles. The summed E-state index contributed by atoms with van der Waals surface area (Å²) in [4.78, 5) is 38.5. The fraction of sp³-hybridized carbons (Fsp3) is 0.588. The van der Waals surface area contributed by atoms with Crippen molar-refractivity contribution in [2.75, 3.05) is 18.4 Å². The summed E-state index contributed by atoms with van der Waals surface area (Å²) in [6.07, 6.45) is 5.30. The van der Waals surface area contributed by atoms with Crippen LogP contribution < -0.4 is 10.9 Å². The van der Waals surface area contributed by atoms with Crippen LogP contribution in [0.25, 0.3) is 0 Å². The molecule has 0 atom stereocenters. The Bertz CT molecular complexity index is 683. The predicted octanol–water partition coefficient (Wildman–Crippen LogP) is 1.61. The number of amides is 2. The van der Waals surface area contributed by atoms with Crippen molar-refractivity contribution in [3.63, 3.8) is 0 Å². The number of anilines is 1. The standard InChI is InChI=1S/C17H23N3O3/c1-11-5-7-20(8-6-11)16(22)13-9-14(17(23)19(2)10-13)18-15(21)12-3-4-12/h9-12H,3-8H2,1-2H3,(H,18,21). The van der Waals surface area contributed by atoms with Crippen molar-refractivity contribution in [2.45, 2.75) is 32.6 Å². The van der Waals surface area contributed by atoms with Crippen LogP contribution in [0, 0.1) is 11.8 Å². The van der Waals surface area contributed by atoms with Crippen LogP contribution in [-0.2, 0) is 11.8 Å². The molecular weight excluding hydrogens is 294 g/mol. The van der Waals surface area contributed by atoms with Crippen LogP contribution in [0.15, 0.2) is 17.1 Å². The first-order chi connectivity index (χ1) is 11.0. The molecule has 1 aromatic rings. The van der Waals surface area contributed by atoms with Crippen LogP contribution in [0.3, 0.4) is 0 Å². The molecule has 1 saturated heterocycles. The maximum absolute atomic E-state index is 12.7. The summed E-state index contributed by atoms with van der Waals surface area (Å²) in [5.74, 6) is 0.461. The Hall–Kier alpha value is -2.11. The monoisotopic (exact) mass is 317 g/mol. The van der Waals surface area contributed by atoms with Crippen molar-refractivity contribution >= 4 is 17.5 Å². The van der Waals surface area contributed by atoms with E-state index in [0.717, 1.165) is 38.8 Å². The van der Waals surface area contributed by atoms with Gasteiger partial charge in [-0.15, -0.1) is 0 Å². The molecule has 124 valence electrons. The summed E-state index contributed by atoms with van der Waals surface area (Å²) >= 11 is 0. The molecule has 1 aliphatic carbocycles. The molecule has 0 radical (unpaired) electrons. The van der Waals surface area contributed by atoms with Gasteiger partial charge in [-0.1, -0.05) is 6.92 Å². The topological polar surface area (TPSA) is 71.4 Å². The Morgan fingerprint density at radius 1 is 1.17 bits per heavy atom. The smallest absolute Gasteiger partial charge is 0.274 e. The van der Waals surface area contributed by atoms with Gasteiger partial charge in [-0.3, -0.25) is 14.4 Å². The van der Waals surface area contributed by atoms with E-state index >= 15 is 0 Å². The summed E-state index contributed by atoms with van der Waals surface area (Å²) in [5.41, 5.74) is 0.358. The Labute approximate surface area is 135 Å². The molecule has 2 aliphatic rings. The van der Waals surface area contributed by atoms with Gasteiger partial charge in [-0.25, -0.2) is 0 Å². The van der Waals surface area contributed by atoms with Crippen molar-refractivity contribution < 1.29 is 9.59 Å². The van der Waals surface area contributed by atoms with Crippen molar-refractivity contribution in [1.82, 2.24) is 9.47 Å². The molecule has 0 unspecified atom stereocenters. The summed E-state index contributed by atoms with van der Waals surface area (Å²) in [5, 5.41) is 2.68. The van der Waals surface area contributed by atoms with Crippen molar-refractivity contribution in [3.05, 3.63) is 28.2 Å². The highest BCUT2D eigenvalue weighted by Crippen LogP contribution is 2.30. The molecule has 2 fully saturated rings. The Kier molecular flexibility index (Phi) is 4.24. The minimum Gasteiger partial charge on any atom is -0.339 e. The largest absolute Gasteiger partial charge is 0.339 e. The number of aryl methyl sites for hydroxylation is 1. The lowest BCUT2D eigenvalue weighted by molar-refractivity contribution is -0.117. The first kappa shape index (κ1) is 15.8. The van der Waals surface area contributed by atoms with Gasteiger partial charge in [0.25, 0.3) is 11.5 Å². The number of piperidine rings is 1. The van der Waals surface area contributed by atoms with E-state index < -0.39 is 0 Å². The maximum atomic E-state index is 12.7. The van der Waals surface area contributed by atoms with Crippen LogP contribution >= 0.6 is 0 Å². The van der Waals surface area contributed by atoms with Crippen molar-refractivity contribution in [2.24, 2.45) is 18.9 Å². The van der Waals surface area contributed by atoms with E-state index in [2.05, 4.69) is 12.2 Å². The normalized spacial score (nSPS) is 18.8. The number of nitrogens with zero attached hydrogens (tertiary/aromatic N) is 2. The lowest BCUT2D eigenvalue weighted by Gasteiger charge is -2.30. The molecule has 3 rings (SSSR count). The molecule has 1 aliphatic heterocycles. The molecule has 6 heteroatoms. The molecule has 0 bridgehead atoms. The zero-order valence-electron chi connectivity index (χ0n) is 13.7. The van der Waals surface area contributed by atoms with E-state index in [0.29, 0.717) is 11.5 Å². The predicted molar refractivity (Wildman–Crippen MR) is 87.3 cm³/mol. The number of nitrogens with one attached hydrogen (secondary N) is 1. The van der Waals surface area contributed by atoms with Gasteiger partial charge in [0.05, 0.1) is 5.56 Å². The highest BCUT2D eigenvalue weighted by Gasteiger charge is 2.30. The van der Waals surface area contributed by atoms with Gasteiger partial charge in [0.2, 0.25) is 5.91 Å². The van der Waals surface area contributed by atoms with Gasteiger partial charge >= 0.3 is 0 Å². The molecule has 2 heterocycles. The van der Waals surface area contributed by atoms with Crippen molar-refractivity contribution in [1.29, 1.82) is 0 Å². The average Bonchev–Trinajstić information content (AvgIpc) is 3.36. The molecular formula is C17H23N3O3. The molecule has 23 heavy (non-hydrogen) atoms. The number of rotatable bonds is 3. The zero-order chi connectivity index (χ0) is 16.6. The van der Waals surface area contributed by atoms with Crippen molar-refractivity contribution in [3.8, 4) is 0 Å². The van der Waals surface area contributed by atoms with Crippen LogP contribution in [0.5, 0.6) is 0 Å². The maximum Gasteiger partial charge on any atom is 0.274 e. The second-order valence-electron chi connectivity index (χ2n) is 6.80. The van der Waals surface area contributed by atoms with Crippen LogP contribution in [-0.4, -0.2) is 34.4 Å². The molecule has 1 N–H and O–H groups in total. The summed E-state index contributed by atoms with van der Waals surface area (Å²) in [6, 6.07) is 1.52. The third-order valence-electron chi connectivity index (χ3n) is 4.71. The van der Waals surface area contributed by atoms with Gasteiger partial charge in [0.1, 0.15) is 5.69 Å². The van der Waals surface area contributed by atoms with Gasteiger partial charge < -0.3 is 14.8 Å². The van der Waals surface area contributed by atoms with Gasteiger partial charge in [-0.05, 0) is 37.7 Å². The first-order valence-corrected chi connectivity index (χ1v) is 8.26. The zero-order valence-corrected chi connectivity index (χ0v) is 13.7. The van der Waals surface area contributed by atoms with E-state index in [9.17, 15) is 14.4 Å². The third-order valence-corrected chi connectivity index (χ3v) is 4.71. The van der Waals surface area contributed by atoms with Gasteiger partial charge in [-0.2, -0.15) is 0 Å². The third kappa shape index (κ3) is 3.46. The number of carbonyl (C=O) groups excluding carboxylic acids is 2. The Balaban J connectivity index is 1.81. The highest BCUT2D eigenvalue weighted by atomic mass is 16.2. The number of hydrogen-bond acceptors (Lipinski definition) is 3.